The lowest BCUT2D eigenvalue weighted by Crippen LogP contribution is -2.23. The Bertz CT molecular complexity index is 1680. The van der Waals surface area contributed by atoms with Crippen LogP contribution in [0.4, 0.5) is 23.7 Å². The van der Waals surface area contributed by atoms with Crippen molar-refractivity contribution < 1.29 is 22.7 Å². The number of alkyl halides is 3. The number of anilines is 1. The van der Waals surface area contributed by atoms with E-state index >= 15 is 0 Å². The van der Waals surface area contributed by atoms with Crippen LogP contribution in [0.1, 0.15) is 16.7 Å². The number of ether oxygens (including phenoxy) is 1. The zero-order valence-corrected chi connectivity index (χ0v) is 21.6. The van der Waals surface area contributed by atoms with Crippen molar-refractivity contribution in [3.8, 4) is 11.4 Å². The van der Waals surface area contributed by atoms with Gasteiger partial charge in [0.15, 0.2) is 0 Å². The number of carbonyl (C=O) groups is 1. The molecule has 0 aliphatic rings. The Balaban J connectivity index is 1.27. The van der Waals surface area contributed by atoms with E-state index in [9.17, 15) is 18.0 Å². The lowest BCUT2D eigenvalue weighted by molar-refractivity contribution is -0.274. The minimum Gasteiger partial charge on any atom is -0.406 e. The zero-order chi connectivity index (χ0) is 27.6. The van der Waals surface area contributed by atoms with Gasteiger partial charge in [0.25, 0.3) is 0 Å². The standard InChI is InChI=1S/C28H22F3N5O2S/c1-17-4-3-5-18(2)26(17)34-27(37)35-39-33-15-19-6-12-23-20(14-19)7-13-25-24(23)16-32-36(25)21-8-10-22(11-9-21)38-28(29,30)31/h3-16H,1-2H3,(H2,34,35,37). The quantitative estimate of drug-likeness (QED) is 0.170. The van der Waals surface area contributed by atoms with Crippen LogP contribution in [0.15, 0.2) is 83.4 Å². The minimum atomic E-state index is -4.74. The predicted octanol–water partition coefficient (Wildman–Crippen LogP) is 7.50. The first-order chi connectivity index (χ1) is 18.7. The predicted molar refractivity (Wildman–Crippen MR) is 149 cm³/mol. The van der Waals surface area contributed by atoms with Crippen molar-refractivity contribution in [3.63, 3.8) is 0 Å². The number of hydrogen-bond donors (Lipinski definition) is 2. The average molecular weight is 550 g/mol. The van der Waals surface area contributed by atoms with E-state index in [2.05, 4.69) is 24.3 Å². The van der Waals surface area contributed by atoms with Crippen molar-refractivity contribution in [2.24, 2.45) is 4.40 Å². The second-order valence-electron chi connectivity index (χ2n) is 8.73. The Morgan fingerprint density at radius 3 is 2.46 bits per heavy atom. The number of para-hydroxylation sites is 1. The van der Waals surface area contributed by atoms with E-state index in [4.69, 9.17) is 0 Å². The molecule has 0 radical (unpaired) electrons. The van der Waals surface area contributed by atoms with Gasteiger partial charge in [0.05, 0.1) is 29.5 Å². The van der Waals surface area contributed by atoms with Gasteiger partial charge in [0, 0.05) is 17.3 Å². The minimum absolute atomic E-state index is 0.294. The van der Waals surface area contributed by atoms with Crippen LogP contribution in [0.2, 0.25) is 0 Å². The number of aromatic nitrogens is 2. The second-order valence-corrected chi connectivity index (χ2v) is 9.32. The molecule has 0 fully saturated rings. The maximum atomic E-state index is 12.4. The SMILES string of the molecule is Cc1cccc(C)c1NC(=O)NSN=Cc1ccc2c(ccc3c2cnn3-c2ccc(OC(F)(F)F)cc2)c1. The molecular formula is C28H22F3N5O2S. The fourth-order valence-corrected chi connectivity index (χ4v) is 4.60. The van der Waals surface area contributed by atoms with Crippen molar-refractivity contribution in [3.05, 3.63) is 95.7 Å². The lowest BCUT2D eigenvalue weighted by atomic mass is 10.0. The molecule has 0 unspecified atom stereocenters. The molecule has 0 atom stereocenters. The molecule has 4 aromatic carbocycles. The van der Waals surface area contributed by atoms with Crippen LogP contribution in [0.3, 0.4) is 0 Å². The summed E-state index contributed by atoms with van der Waals surface area (Å²) >= 11 is 0.923. The molecule has 0 spiro atoms. The van der Waals surface area contributed by atoms with E-state index in [1.54, 1.807) is 17.1 Å². The molecule has 5 rings (SSSR count). The summed E-state index contributed by atoms with van der Waals surface area (Å²) in [5, 5.41) is 10.1. The van der Waals surface area contributed by atoms with Gasteiger partial charge in [-0.2, -0.15) is 5.10 Å². The Morgan fingerprint density at radius 1 is 1.00 bits per heavy atom. The van der Waals surface area contributed by atoms with Crippen LogP contribution in [0, 0.1) is 13.8 Å². The van der Waals surface area contributed by atoms with Gasteiger partial charge in [0.2, 0.25) is 0 Å². The van der Waals surface area contributed by atoms with Crippen LogP contribution in [-0.4, -0.2) is 28.4 Å². The Morgan fingerprint density at radius 2 is 1.74 bits per heavy atom. The number of nitrogens with one attached hydrogen (secondary N) is 2. The maximum absolute atomic E-state index is 12.4. The van der Waals surface area contributed by atoms with E-state index in [1.165, 1.54) is 24.3 Å². The van der Waals surface area contributed by atoms with Gasteiger partial charge in [-0.05, 0) is 77.7 Å². The van der Waals surface area contributed by atoms with Crippen molar-refractivity contribution in [2.75, 3.05) is 5.32 Å². The summed E-state index contributed by atoms with van der Waals surface area (Å²) in [6.45, 7) is 3.86. The smallest absolute Gasteiger partial charge is 0.406 e. The highest BCUT2D eigenvalue weighted by atomic mass is 32.2. The van der Waals surface area contributed by atoms with Gasteiger partial charge in [0.1, 0.15) is 5.75 Å². The molecule has 1 aromatic heterocycles. The number of halogens is 3. The number of carbonyl (C=O) groups excluding carboxylic acids is 1. The van der Waals surface area contributed by atoms with Crippen molar-refractivity contribution in [1.29, 1.82) is 0 Å². The first-order valence-corrected chi connectivity index (χ1v) is 12.5. The zero-order valence-electron chi connectivity index (χ0n) is 20.8. The summed E-state index contributed by atoms with van der Waals surface area (Å²) in [6.07, 6.45) is -1.37. The lowest BCUT2D eigenvalue weighted by Gasteiger charge is -2.10. The molecular weight excluding hydrogens is 527 g/mol. The van der Waals surface area contributed by atoms with Crippen LogP contribution in [0.5, 0.6) is 5.75 Å². The molecule has 1 heterocycles. The topological polar surface area (TPSA) is 80.5 Å². The van der Waals surface area contributed by atoms with Gasteiger partial charge >= 0.3 is 12.4 Å². The van der Waals surface area contributed by atoms with Crippen molar-refractivity contribution in [1.82, 2.24) is 14.5 Å². The molecule has 7 nitrogen and oxygen atoms in total. The van der Waals surface area contributed by atoms with Crippen molar-refractivity contribution >= 4 is 51.7 Å². The number of hydrogen-bond acceptors (Lipinski definition) is 5. The van der Waals surface area contributed by atoms with E-state index < -0.39 is 6.36 Å². The number of rotatable bonds is 6. The van der Waals surface area contributed by atoms with E-state index in [-0.39, 0.29) is 11.8 Å². The van der Waals surface area contributed by atoms with E-state index in [0.717, 1.165) is 56.2 Å². The van der Waals surface area contributed by atoms with Gasteiger partial charge in [-0.25, -0.2) is 13.9 Å². The normalized spacial score (nSPS) is 11.8. The number of amides is 2. The summed E-state index contributed by atoms with van der Waals surface area (Å²) in [5.74, 6) is -0.294. The van der Waals surface area contributed by atoms with Gasteiger partial charge in [-0.15, -0.1) is 13.2 Å². The molecule has 2 amide bonds. The number of nitrogens with zero attached hydrogens (tertiary/aromatic N) is 3. The molecule has 0 saturated carbocycles. The van der Waals surface area contributed by atoms with Gasteiger partial charge in [-0.3, -0.25) is 4.72 Å². The fraction of sp³-hybridized carbons (Fsp3) is 0.107. The molecule has 0 saturated heterocycles. The highest BCUT2D eigenvalue weighted by molar-refractivity contribution is 7.96. The van der Waals surface area contributed by atoms with Crippen LogP contribution < -0.4 is 14.8 Å². The summed E-state index contributed by atoms with van der Waals surface area (Å²) in [5.41, 5.74) is 4.98. The molecule has 11 heteroatoms. The molecule has 39 heavy (non-hydrogen) atoms. The van der Waals surface area contributed by atoms with Crippen LogP contribution in [0.25, 0.3) is 27.4 Å². The van der Waals surface area contributed by atoms with Gasteiger partial charge < -0.3 is 10.1 Å². The average Bonchev–Trinajstić information content (AvgIpc) is 3.33. The molecule has 0 aliphatic carbocycles. The third-order valence-corrected chi connectivity index (χ3v) is 6.51. The molecule has 5 aromatic rings. The third kappa shape index (κ3) is 5.99. The molecule has 2 N–H and O–H groups in total. The summed E-state index contributed by atoms with van der Waals surface area (Å²) in [4.78, 5) is 12.2. The highest BCUT2D eigenvalue weighted by Gasteiger charge is 2.31. The summed E-state index contributed by atoms with van der Waals surface area (Å²) in [6, 6.07) is 20.7. The Hall–Kier alpha value is -4.51. The van der Waals surface area contributed by atoms with Crippen LogP contribution in [-0.2, 0) is 0 Å². The maximum Gasteiger partial charge on any atom is 0.573 e. The number of fused-ring (bicyclic) bond motifs is 3. The van der Waals surface area contributed by atoms with Crippen LogP contribution >= 0.6 is 12.1 Å². The Kier molecular flexibility index (Phi) is 7.16. The highest BCUT2D eigenvalue weighted by Crippen LogP contribution is 2.29. The van der Waals surface area contributed by atoms with E-state index in [0.29, 0.717) is 5.69 Å². The molecule has 0 bridgehead atoms. The Labute approximate surface area is 226 Å². The third-order valence-electron chi connectivity index (χ3n) is 6.02. The number of urea groups is 1. The molecule has 0 aliphatic heterocycles. The van der Waals surface area contributed by atoms with Gasteiger partial charge in [-0.1, -0.05) is 36.4 Å². The van der Waals surface area contributed by atoms with Crippen molar-refractivity contribution in [2.45, 2.75) is 20.2 Å². The monoisotopic (exact) mass is 549 g/mol. The van der Waals surface area contributed by atoms with E-state index in [1.807, 2.05) is 62.4 Å². The largest absolute Gasteiger partial charge is 0.573 e. The number of aryl methyl sites for hydroxylation is 2. The molecule has 198 valence electrons. The summed E-state index contributed by atoms with van der Waals surface area (Å²) in [7, 11) is 0. The number of benzene rings is 4. The summed E-state index contributed by atoms with van der Waals surface area (Å²) < 4.78 is 49.8. The second kappa shape index (κ2) is 10.7. The first kappa shape index (κ1) is 26.1. The fourth-order valence-electron chi connectivity index (χ4n) is 4.24. The first-order valence-electron chi connectivity index (χ1n) is 11.8.